The fourth-order valence-corrected chi connectivity index (χ4v) is 2.65. The molecule has 0 aliphatic rings. The summed E-state index contributed by atoms with van der Waals surface area (Å²) in [6, 6.07) is 13.1. The van der Waals surface area contributed by atoms with Crippen LogP contribution in [0.5, 0.6) is 0 Å². The Morgan fingerprint density at radius 3 is 2.67 bits per heavy atom. The van der Waals surface area contributed by atoms with E-state index < -0.39 is 0 Å². The van der Waals surface area contributed by atoms with Gasteiger partial charge in [0, 0.05) is 28.1 Å². The van der Waals surface area contributed by atoms with Gasteiger partial charge in [-0.3, -0.25) is 0 Å². The zero-order valence-corrected chi connectivity index (χ0v) is 13.7. The van der Waals surface area contributed by atoms with E-state index in [2.05, 4.69) is 51.8 Å². The normalized spacial score (nSPS) is 10.8. The third-order valence-corrected chi connectivity index (χ3v) is 4.19. The summed E-state index contributed by atoms with van der Waals surface area (Å²) in [6.45, 7) is 2.61. The van der Waals surface area contributed by atoms with Crippen LogP contribution in [0.3, 0.4) is 0 Å². The molecule has 2 nitrogen and oxygen atoms in total. The van der Waals surface area contributed by atoms with Crippen molar-refractivity contribution in [3.8, 4) is 11.4 Å². The van der Waals surface area contributed by atoms with Crippen LogP contribution in [-0.2, 0) is 6.54 Å². The summed E-state index contributed by atoms with van der Waals surface area (Å²) in [5, 5.41) is 0. The van der Waals surface area contributed by atoms with E-state index in [1.807, 2.05) is 23.8 Å². The fraction of sp³-hybridized carbons (Fsp3) is 0.118. The highest BCUT2D eigenvalue weighted by molar-refractivity contribution is 14.1. The van der Waals surface area contributed by atoms with Gasteiger partial charge in [-0.1, -0.05) is 18.2 Å². The molecule has 4 heteroatoms. The highest BCUT2D eigenvalue weighted by Gasteiger charge is 2.08. The van der Waals surface area contributed by atoms with Crippen molar-refractivity contribution in [1.29, 1.82) is 0 Å². The van der Waals surface area contributed by atoms with Gasteiger partial charge in [0.25, 0.3) is 0 Å². The van der Waals surface area contributed by atoms with Crippen molar-refractivity contribution in [2.45, 2.75) is 13.5 Å². The summed E-state index contributed by atoms with van der Waals surface area (Å²) < 4.78 is 16.7. The molecule has 0 amide bonds. The number of aryl methyl sites for hydroxylation is 1. The minimum Gasteiger partial charge on any atom is -0.327 e. The largest absolute Gasteiger partial charge is 0.327 e. The first-order valence-electron chi connectivity index (χ1n) is 6.65. The quantitative estimate of drug-likeness (QED) is 0.594. The van der Waals surface area contributed by atoms with Crippen molar-refractivity contribution < 1.29 is 4.39 Å². The zero-order valence-electron chi connectivity index (χ0n) is 11.6. The van der Waals surface area contributed by atoms with E-state index in [-0.39, 0.29) is 5.82 Å². The number of halogens is 2. The lowest BCUT2D eigenvalue weighted by atomic mass is 10.1. The smallest absolute Gasteiger partial charge is 0.140 e. The van der Waals surface area contributed by atoms with E-state index in [0.29, 0.717) is 6.54 Å². The Hall–Kier alpha value is -1.69. The van der Waals surface area contributed by atoms with E-state index in [1.165, 1.54) is 9.64 Å². The molecule has 0 aliphatic carbocycles. The summed E-state index contributed by atoms with van der Waals surface area (Å²) in [5.74, 6) is 0.696. The molecule has 106 valence electrons. The van der Waals surface area contributed by atoms with Gasteiger partial charge in [-0.15, -0.1) is 0 Å². The van der Waals surface area contributed by atoms with Crippen LogP contribution >= 0.6 is 22.6 Å². The second-order valence-electron chi connectivity index (χ2n) is 4.96. The van der Waals surface area contributed by atoms with Crippen LogP contribution < -0.4 is 0 Å². The van der Waals surface area contributed by atoms with Gasteiger partial charge in [0.1, 0.15) is 11.6 Å². The molecule has 2 aromatic carbocycles. The van der Waals surface area contributed by atoms with Crippen molar-refractivity contribution >= 4 is 22.6 Å². The molecule has 0 saturated heterocycles. The number of nitrogens with zero attached hydrogens (tertiary/aromatic N) is 2. The maximum atomic E-state index is 13.4. The molecule has 0 unspecified atom stereocenters. The minimum atomic E-state index is -0.202. The van der Waals surface area contributed by atoms with Crippen molar-refractivity contribution in [1.82, 2.24) is 9.55 Å². The van der Waals surface area contributed by atoms with Gasteiger partial charge in [-0.05, 0) is 64.9 Å². The summed E-state index contributed by atoms with van der Waals surface area (Å²) in [4.78, 5) is 4.43. The van der Waals surface area contributed by atoms with Gasteiger partial charge in [-0.2, -0.15) is 0 Å². The number of aromatic nitrogens is 2. The first-order chi connectivity index (χ1) is 10.1. The Balaban J connectivity index is 1.96. The topological polar surface area (TPSA) is 17.8 Å². The van der Waals surface area contributed by atoms with E-state index in [4.69, 9.17) is 0 Å². The average Bonchev–Trinajstić information content (AvgIpc) is 2.92. The molecule has 21 heavy (non-hydrogen) atoms. The van der Waals surface area contributed by atoms with Crippen LogP contribution in [0.2, 0.25) is 0 Å². The minimum absolute atomic E-state index is 0.202. The van der Waals surface area contributed by atoms with Crippen LogP contribution in [0.15, 0.2) is 54.9 Å². The number of imidazole rings is 1. The molecule has 0 bridgehead atoms. The first-order valence-corrected chi connectivity index (χ1v) is 7.73. The van der Waals surface area contributed by atoms with Crippen molar-refractivity contribution in [3.63, 3.8) is 0 Å². The van der Waals surface area contributed by atoms with Crippen LogP contribution in [0, 0.1) is 16.3 Å². The second kappa shape index (κ2) is 5.97. The van der Waals surface area contributed by atoms with E-state index in [1.54, 1.807) is 12.3 Å². The lowest BCUT2D eigenvalue weighted by Crippen LogP contribution is -2.03. The Labute approximate surface area is 136 Å². The van der Waals surface area contributed by atoms with E-state index in [9.17, 15) is 4.39 Å². The van der Waals surface area contributed by atoms with Crippen molar-refractivity contribution in [2.75, 3.05) is 0 Å². The summed E-state index contributed by atoms with van der Waals surface area (Å²) in [7, 11) is 0. The van der Waals surface area contributed by atoms with Gasteiger partial charge in [0.15, 0.2) is 0 Å². The van der Waals surface area contributed by atoms with Gasteiger partial charge in [-0.25, -0.2) is 9.37 Å². The summed E-state index contributed by atoms with van der Waals surface area (Å²) in [6.07, 6.45) is 3.71. The molecule has 0 N–H and O–H groups in total. The average molecular weight is 392 g/mol. The third kappa shape index (κ3) is 3.15. The monoisotopic (exact) mass is 392 g/mol. The molecule has 0 saturated carbocycles. The molecule has 0 spiro atoms. The van der Waals surface area contributed by atoms with E-state index in [0.717, 1.165) is 22.5 Å². The standard InChI is InChI=1S/C17H14FIN2/c1-12-2-5-15(18)10-14(12)11-21-9-8-20-17(21)13-3-6-16(19)7-4-13/h2-10H,11H2,1H3. The first kappa shape index (κ1) is 14.3. The molecule has 0 atom stereocenters. The highest BCUT2D eigenvalue weighted by atomic mass is 127. The molecular formula is C17H14FIN2. The van der Waals surface area contributed by atoms with Crippen LogP contribution in [-0.4, -0.2) is 9.55 Å². The fourth-order valence-electron chi connectivity index (χ4n) is 2.29. The van der Waals surface area contributed by atoms with Crippen LogP contribution in [0.4, 0.5) is 4.39 Å². The number of hydrogen-bond donors (Lipinski definition) is 0. The van der Waals surface area contributed by atoms with Crippen molar-refractivity contribution in [3.05, 3.63) is 75.4 Å². The molecule has 0 radical (unpaired) electrons. The molecule has 3 aromatic rings. The Morgan fingerprint density at radius 1 is 1.14 bits per heavy atom. The van der Waals surface area contributed by atoms with Gasteiger partial charge < -0.3 is 4.57 Å². The number of benzene rings is 2. The molecule has 0 aliphatic heterocycles. The molecule has 3 rings (SSSR count). The lowest BCUT2D eigenvalue weighted by Gasteiger charge is -2.10. The van der Waals surface area contributed by atoms with Crippen LogP contribution in [0.1, 0.15) is 11.1 Å². The molecule has 1 aromatic heterocycles. The Morgan fingerprint density at radius 2 is 1.90 bits per heavy atom. The van der Waals surface area contributed by atoms with E-state index >= 15 is 0 Å². The third-order valence-electron chi connectivity index (χ3n) is 3.47. The Bertz CT molecular complexity index is 763. The highest BCUT2D eigenvalue weighted by Crippen LogP contribution is 2.21. The predicted octanol–water partition coefficient (Wildman–Crippen LogP) is 4.65. The maximum absolute atomic E-state index is 13.4. The second-order valence-corrected chi connectivity index (χ2v) is 6.20. The number of hydrogen-bond acceptors (Lipinski definition) is 1. The van der Waals surface area contributed by atoms with Gasteiger partial charge in [0.05, 0.1) is 0 Å². The zero-order chi connectivity index (χ0) is 14.8. The number of rotatable bonds is 3. The molecule has 0 fully saturated rings. The summed E-state index contributed by atoms with van der Waals surface area (Å²) in [5.41, 5.74) is 3.12. The van der Waals surface area contributed by atoms with Crippen molar-refractivity contribution in [2.24, 2.45) is 0 Å². The van der Waals surface area contributed by atoms with Gasteiger partial charge >= 0.3 is 0 Å². The van der Waals surface area contributed by atoms with Crippen LogP contribution in [0.25, 0.3) is 11.4 Å². The molecule has 1 heterocycles. The SMILES string of the molecule is Cc1ccc(F)cc1Cn1ccnc1-c1ccc(I)cc1. The maximum Gasteiger partial charge on any atom is 0.140 e. The van der Waals surface area contributed by atoms with Gasteiger partial charge in [0.2, 0.25) is 0 Å². The lowest BCUT2D eigenvalue weighted by molar-refractivity contribution is 0.623. The molecular weight excluding hydrogens is 378 g/mol. The predicted molar refractivity (Wildman–Crippen MR) is 90.6 cm³/mol. The summed E-state index contributed by atoms with van der Waals surface area (Å²) >= 11 is 2.28. The Kier molecular flexibility index (Phi) is 4.05.